The summed E-state index contributed by atoms with van der Waals surface area (Å²) >= 11 is 0. The van der Waals surface area contributed by atoms with Crippen molar-refractivity contribution in [2.24, 2.45) is 0 Å². The van der Waals surface area contributed by atoms with Gasteiger partial charge in [0.05, 0.1) is 0 Å². The van der Waals surface area contributed by atoms with Crippen molar-refractivity contribution in [3.05, 3.63) is 54.2 Å². The largest absolute Gasteiger partial charge is 0.366 e. The van der Waals surface area contributed by atoms with Crippen LogP contribution in [0.3, 0.4) is 0 Å². The molecule has 0 spiro atoms. The zero-order valence-electron chi connectivity index (χ0n) is 10.2. The van der Waals surface area contributed by atoms with Gasteiger partial charge in [-0.1, -0.05) is 18.2 Å². The van der Waals surface area contributed by atoms with E-state index in [1.807, 2.05) is 42.5 Å². The number of anilines is 2. The monoisotopic (exact) mass is 241 g/mol. The highest BCUT2D eigenvalue weighted by Crippen LogP contribution is 2.11. The number of rotatable bonds is 4. The maximum atomic E-state index is 10.9. The molecule has 0 fully saturated rings. The van der Waals surface area contributed by atoms with Gasteiger partial charge in [-0.15, -0.1) is 0 Å². The van der Waals surface area contributed by atoms with Gasteiger partial charge < -0.3 is 10.6 Å². The molecule has 1 heterocycles. The van der Waals surface area contributed by atoms with Crippen molar-refractivity contribution in [1.82, 2.24) is 4.98 Å². The summed E-state index contributed by atoms with van der Waals surface area (Å²) in [5.41, 5.74) is 1.94. The van der Waals surface area contributed by atoms with Crippen molar-refractivity contribution >= 4 is 17.4 Å². The van der Waals surface area contributed by atoms with Crippen molar-refractivity contribution in [1.29, 1.82) is 0 Å². The number of nitrogens with zero attached hydrogens (tertiary/aromatic N) is 1. The number of hydrogen-bond acceptors (Lipinski definition) is 3. The van der Waals surface area contributed by atoms with Gasteiger partial charge in [-0.2, -0.15) is 0 Å². The van der Waals surface area contributed by atoms with Crippen LogP contribution in [0.25, 0.3) is 0 Å². The van der Waals surface area contributed by atoms with E-state index >= 15 is 0 Å². The molecule has 0 radical (unpaired) electrons. The average molecular weight is 241 g/mol. The van der Waals surface area contributed by atoms with Crippen molar-refractivity contribution in [2.45, 2.75) is 13.5 Å². The molecule has 2 rings (SSSR count). The lowest BCUT2D eigenvalue weighted by Gasteiger charge is -2.06. The summed E-state index contributed by atoms with van der Waals surface area (Å²) in [6, 6.07) is 13.5. The van der Waals surface area contributed by atoms with Crippen LogP contribution in [-0.2, 0) is 11.3 Å². The number of hydrogen-bond donors (Lipinski definition) is 2. The van der Waals surface area contributed by atoms with Crippen molar-refractivity contribution in [2.75, 3.05) is 10.6 Å². The number of carbonyl (C=O) groups excluding carboxylic acids is 1. The van der Waals surface area contributed by atoms with Crippen LogP contribution in [-0.4, -0.2) is 10.9 Å². The summed E-state index contributed by atoms with van der Waals surface area (Å²) in [4.78, 5) is 15.1. The Kier molecular flexibility index (Phi) is 3.91. The molecule has 0 aliphatic carbocycles. The van der Waals surface area contributed by atoms with Crippen LogP contribution in [0.15, 0.2) is 48.7 Å². The minimum atomic E-state index is -0.0608. The third-order valence-electron chi connectivity index (χ3n) is 2.41. The normalized spacial score (nSPS) is 9.83. The van der Waals surface area contributed by atoms with E-state index in [1.54, 1.807) is 6.20 Å². The molecule has 0 bridgehead atoms. The molecule has 0 aliphatic heterocycles. The first-order valence-electron chi connectivity index (χ1n) is 5.75. The van der Waals surface area contributed by atoms with Crippen LogP contribution < -0.4 is 10.6 Å². The second kappa shape index (κ2) is 5.82. The lowest BCUT2D eigenvalue weighted by Crippen LogP contribution is -2.06. The fraction of sp³-hybridized carbons (Fsp3) is 0.143. The third kappa shape index (κ3) is 3.59. The molecule has 2 N–H and O–H groups in total. The molecule has 4 nitrogen and oxygen atoms in total. The van der Waals surface area contributed by atoms with Gasteiger partial charge >= 0.3 is 0 Å². The first-order chi connectivity index (χ1) is 8.74. The summed E-state index contributed by atoms with van der Waals surface area (Å²) < 4.78 is 0. The third-order valence-corrected chi connectivity index (χ3v) is 2.41. The number of nitrogens with one attached hydrogen (secondary N) is 2. The van der Waals surface area contributed by atoms with Gasteiger partial charge in [0.1, 0.15) is 5.82 Å². The minimum absolute atomic E-state index is 0.0608. The van der Waals surface area contributed by atoms with Gasteiger partial charge in [0.25, 0.3) is 0 Å². The van der Waals surface area contributed by atoms with Gasteiger partial charge in [0, 0.05) is 25.4 Å². The highest BCUT2D eigenvalue weighted by atomic mass is 16.1. The van der Waals surface area contributed by atoms with Crippen LogP contribution in [0.1, 0.15) is 12.5 Å². The smallest absolute Gasteiger partial charge is 0.221 e. The molecule has 0 saturated carbocycles. The Hall–Kier alpha value is -2.36. The predicted molar refractivity (Wildman–Crippen MR) is 72.3 cm³/mol. The summed E-state index contributed by atoms with van der Waals surface area (Å²) in [7, 11) is 0. The van der Waals surface area contributed by atoms with Gasteiger partial charge in [0.2, 0.25) is 5.91 Å². The standard InChI is InChI=1S/C14H15N3O/c1-11(18)17-13-7-5-12(6-8-13)10-16-14-4-2-3-9-15-14/h2-9H,10H2,1H3,(H,15,16)(H,17,18). The molecule has 0 unspecified atom stereocenters. The summed E-state index contributed by atoms with van der Waals surface area (Å²) in [6.07, 6.45) is 1.75. The van der Waals surface area contributed by atoms with Crippen molar-refractivity contribution in [3.8, 4) is 0 Å². The second-order valence-corrected chi connectivity index (χ2v) is 3.95. The molecule has 1 amide bonds. The number of benzene rings is 1. The average Bonchev–Trinajstić information content (AvgIpc) is 2.38. The van der Waals surface area contributed by atoms with E-state index in [0.29, 0.717) is 6.54 Å². The van der Waals surface area contributed by atoms with Crippen LogP contribution in [0, 0.1) is 0 Å². The SMILES string of the molecule is CC(=O)Nc1ccc(CNc2ccccn2)cc1. The van der Waals surface area contributed by atoms with Crippen molar-refractivity contribution < 1.29 is 4.79 Å². The van der Waals surface area contributed by atoms with E-state index in [4.69, 9.17) is 0 Å². The van der Waals surface area contributed by atoms with Gasteiger partial charge in [0.15, 0.2) is 0 Å². The highest BCUT2D eigenvalue weighted by molar-refractivity contribution is 5.88. The predicted octanol–water partition coefficient (Wildman–Crippen LogP) is 2.65. The van der Waals surface area contributed by atoms with E-state index < -0.39 is 0 Å². The summed E-state index contributed by atoms with van der Waals surface area (Å²) in [6.45, 7) is 2.20. The topological polar surface area (TPSA) is 54.0 Å². The van der Waals surface area contributed by atoms with Gasteiger partial charge in [-0.05, 0) is 29.8 Å². The lowest BCUT2D eigenvalue weighted by atomic mass is 10.2. The summed E-state index contributed by atoms with van der Waals surface area (Å²) in [5, 5.41) is 5.96. The molecule has 4 heteroatoms. The zero-order valence-corrected chi connectivity index (χ0v) is 10.2. The van der Waals surface area contributed by atoms with Crippen LogP contribution in [0.2, 0.25) is 0 Å². The Morgan fingerprint density at radius 3 is 2.56 bits per heavy atom. The Morgan fingerprint density at radius 1 is 1.17 bits per heavy atom. The molecular formula is C14H15N3O. The highest BCUT2D eigenvalue weighted by Gasteiger charge is 1.97. The fourth-order valence-corrected chi connectivity index (χ4v) is 1.57. The molecule has 0 saturated heterocycles. The quantitative estimate of drug-likeness (QED) is 0.865. The Labute approximate surface area is 106 Å². The Morgan fingerprint density at radius 2 is 1.94 bits per heavy atom. The number of carbonyl (C=O) groups is 1. The van der Waals surface area contributed by atoms with E-state index in [1.165, 1.54) is 6.92 Å². The molecule has 0 atom stereocenters. The van der Waals surface area contributed by atoms with E-state index in [-0.39, 0.29) is 5.91 Å². The van der Waals surface area contributed by atoms with Crippen LogP contribution in [0.4, 0.5) is 11.5 Å². The lowest BCUT2D eigenvalue weighted by molar-refractivity contribution is -0.114. The minimum Gasteiger partial charge on any atom is -0.366 e. The van der Waals surface area contributed by atoms with E-state index in [2.05, 4.69) is 15.6 Å². The van der Waals surface area contributed by atoms with E-state index in [0.717, 1.165) is 17.1 Å². The maximum Gasteiger partial charge on any atom is 0.221 e. The molecule has 1 aromatic carbocycles. The molecule has 2 aromatic rings. The first-order valence-corrected chi connectivity index (χ1v) is 5.75. The molecular weight excluding hydrogens is 226 g/mol. The van der Waals surface area contributed by atoms with Gasteiger partial charge in [-0.25, -0.2) is 4.98 Å². The maximum absolute atomic E-state index is 10.9. The number of aromatic nitrogens is 1. The molecule has 0 aliphatic rings. The molecule has 92 valence electrons. The van der Waals surface area contributed by atoms with E-state index in [9.17, 15) is 4.79 Å². The van der Waals surface area contributed by atoms with Crippen molar-refractivity contribution in [3.63, 3.8) is 0 Å². The Balaban J connectivity index is 1.92. The number of amides is 1. The van der Waals surface area contributed by atoms with Crippen LogP contribution >= 0.6 is 0 Å². The number of pyridine rings is 1. The Bertz CT molecular complexity index is 508. The van der Waals surface area contributed by atoms with Gasteiger partial charge in [-0.3, -0.25) is 4.79 Å². The molecule has 18 heavy (non-hydrogen) atoms. The first kappa shape index (κ1) is 12.1. The molecule has 1 aromatic heterocycles. The second-order valence-electron chi connectivity index (χ2n) is 3.95. The zero-order chi connectivity index (χ0) is 12.8. The van der Waals surface area contributed by atoms with Crippen LogP contribution in [0.5, 0.6) is 0 Å². The fourth-order valence-electron chi connectivity index (χ4n) is 1.57. The summed E-state index contributed by atoms with van der Waals surface area (Å²) in [5.74, 6) is 0.790.